The van der Waals surface area contributed by atoms with Gasteiger partial charge in [0.05, 0.1) is 5.56 Å². The Morgan fingerprint density at radius 2 is 1.85 bits per heavy atom. The number of halogens is 1. The van der Waals surface area contributed by atoms with Crippen LogP contribution in [-0.4, -0.2) is 39.2 Å². The third-order valence-corrected chi connectivity index (χ3v) is 3.95. The minimum absolute atomic E-state index is 0.179. The van der Waals surface area contributed by atoms with Crippen molar-refractivity contribution in [2.75, 3.05) is 23.7 Å². The molecule has 27 heavy (non-hydrogen) atoms. The van der Waals surface area contributed by atoms with Crippen LogP contribution in [0.5, 0.6) is 0 Å². The van der Waals surface area contributed by atoms with E-state index in [-0.39, 0.29) is 5.91 Å². The first-order valence-corrected chi connectivity index (χ1v) is 9.05. The summed E-state index contributed by atoms with van der Waals surface area (Å²) in [4.78, 5) is 20.2. The minimum atomic E-state index is -0.179. The van der Waals surface area contributed by atoms with E-state index in [0.29, 0.717) is 30.3 Å². The topological polar surface area (TPSA) is 105 Å². The summed E-state index contributed by atoms with van der Waals surface area (Å²) in [6, 6.07) is 9.19. The van der Waals surface area contributed by atoms with Gasteiger partial charge in [-0.05, 0) is 58.7 Å². The highest BCUT2D eigenvalue weighted by Crippen LogP contribution is 2.13. The summed E-state index contributed by atoms with van der Waals surface area (Å²) in [6.07, 6.45) is 4.89. The van der Waals surface area contributed by atoms with E-state index in [1.54, 1.807) is 18.5 Å². The summed E-state index contributed by atoms with van der Waals surface area (Å²) >= 11 is 3.29. The van der Waals surface area contributed by atoms with E-state index >= 15 is 0 Å². The smallest absolute Gasteiger partial charge is 0.252 e. The monoisotopic (exact) mass is 427 g/mol. The van der Waals surface area contributed by atoms with Crippen LogP contribution in [0.1, 0.15) is 15.9 Å². The molecule has 3 N–H and O–H groups in total. The fraction of sp³-hybridized carbons (Fsp3) is 0.167. The molecule has 3 aromatic heterocycles. The molecule has 0 aromatic carbocycles. The molecule has 0 fully saturated rings. The molecule has 0 aliphatic heterocycles. The van der Waals surface area contributed by atoms with Gasteiger partial charge in [0.15, 0.2) is 5.82 Å². The zero-order valence-electron chi connectivity index (χ0n) is 14.6. The van der Waals surface area contributed by atoms with Gasteiger partial charge in [0.25, 0.3) is 5.91 Å². The summed E-state index contributed by atoms with van der Waals surface area (Å²) in [7, 11) is 0. The van der Waals surface area contributed by atoms with Crippen LogP contribution in [0.15, 0.2) is 53.4 Å². The zero-order valence-corrected chi connectivity index (χ0v) is 16.2. The summed E-state index contributed by atoms with van der Waals surface area (Å²) in [5.41, 5.74) is 1.61. The summed E-state index contributed by atoms with van der Waals surface area (Å²) < 4.78 is 0.762. The molecule has 3 rings (SSSR count). The average molecular weight is 428 g/mol. The Labute approximate surface area is 165 Å². The summed E-state index contributed by atoms with van der Waals surface area (Å²) in [6.45, 7) is 2.96. The number of carbonyl (C=O) groups is 1. The molecule has 9 heteroatoms. The number of amides is 1. The van der Waals surface area contributed by atoms with Crippen LogP contribution in [0.4, 0.5) is 17.5 Å². The molecule has 3 aromatic rings. The third kappa shape index (κ3) is 5.71. The number of rotatable bonds is 7. The number of aryl methyl sites for hydroxylation is 1. The number of pyridine rings is 2. The number of carbonyl (C=O) groups excluding carboxylic acids is 1. The highest BCUT2D eigenvalue weighted by atomic mass is 79.9. The van der Waals surface area contributed by atoms with Gasteiger partial charge in [-0.1, -0.05) is 0 Å². The fourth-order valence-electron chi connectivity index (χ4n) is 2.23. The molecule has 0 bridgehead atoms. The SMILES string of the molecule is Cc1ccnc(Nc2ccc(NCCNC(=O)c3cncc(Br)c3)nn2)c1. The van der Waals surface area contributed by atoms with Gasteiger partial charge < -0.3 is 16.0 Å². The van der Waals surface area contributed by atoms with Crippen LogP contribution in [-0.2, 0) is 0 Å². The number of hydrogen-bond donors (Lipinski definition) is 3. The van der Waals surface area contributed by atoms with Crippen molar-refractivity contribution in [3.63, 3.8) is 0 Å². The van der Waals surface area contributed by atoms with Gasteiger partial charge in [-0.2, -0.15) is 0 Å². The maximum Gasteiger partial charge on any atom is 0.252 e. The van der Waals surface area contributed by atoms with Crippen LogP contribution in [0, 0.1) is 6.92 Å². The lowest BCUT2D eigenvalue weighted by Crippen LogP contribution is -2.29. The number of nitrogens with one attached hydrogen (secondary N) is 3. The van der Waals surface area contributed by atoms with Gasteiger partial charge in [0, 0.05) is 36.2 Å². The summed E-state index contributed by atoms with van der Waals surface area (Å²) in [5, 5.41) is 17.2. The van der Waals surface area contributed by atoms with Crippen molar-refractivity contribution in [1.29, 1.82) is 0 Å². The number of nitrogens with zero attached hydrogens (tertiary/aromatic N) is 4. The molecular formula is C18H18BrN7O. The van der Waals surface area contributed by atoms with E-state index in [2.05, 4.69) is 52.0 Å². The molecular weight excluding hydrogens is 410 g/mol. The number of anilines is 3. The second kappa shape index (κ2) is 9.04. The highest BCUT2D eigenvalue weighted by Gasteiger charge is 2.05. The second-order valence-electron chi connectivity index (χ2n) is 5.72. The molecule has 0 aliphatic rings. The van der Waals surface area contributed by atoms with E-state index in [4.69, 9.17) is 0 Å². The Bertz CT molecular complexity index is 918. The maximum absolute atomic E-state index is 12.0. The van der Waals surface area contributed by atoms with E-state index in [9.17, 15) is 4.79 Å². The molecule has 0 unspecified atom stereocenters. The first-order valence-electron chi connectivity index (χ1n) is 8.26. The highest BCUT2D eigenvalue weighted by molar-refractivity contribution is 9.10. The largest absolute Gasteiger partial charge is 0.367 e. The van der Waals surface area contributed by atoms with Crippen LogP contribution >= 0.6 is 15.9 Å². The number of hydrogen-bond acceptors (Lipinski definition) is 7. The molecule has 1 amide bonds. The fourth-order valence-corrected chi connectivity index (χ4v) is 2.60. The zero-order chi connectivity index (χ0) is 19.1. The first kappa shape index (κ1) is 18.7. The van der Waals surface area contributed by atoms with Gasteiger partial charge in [0.1, 0.15) is 11.6 Å². The molecule has 0 aliphatic carbocycles. The van der Waals surface area contributed by atoms with Gasteiger partial charge in [0.2, 0.25) is 0 Å². The van der Waals surface area contributed by atoms with Gasteiger partial charge in [-0.3, -0.25) is 9.78 Å². The van der Waals surface area contributed by atoms with E-state index in [1.807, 2.05) is 31.2 Å². The Kier molecular flexibility index (Phi) is 6.26. The van der Waals surface area contributed by atoms with Crippen molar-refractivity contribution < 1.29 is 4.79 Å². The van der Waals surface area contributed by atoms with Crippen LogP contribution in [0.25, 0.3) is 0 Å². The molecule has 0 spiro atoms. The third-order valence-electron chi connectivity index (χ3n) is 3.52. The van der Waals surface area contributed by atoms with Crippen LogP contribution in [0.3, 0.4) is 0 Å². The van der Waals surface area contributed by atoms with Crippen molar-refractivity contribution >= 4 is 39.3 Å². The van der Waals surface area contributed by atoms with Crippen molar-refractivity contribution in [2.24, 2.45) is 0 Å². The molecule has 0 radical (unpaired) electrons. The molecule has 3 heterocycles. The quantitative estimate of drug-likeness (QED) is 0.497. The Morgan fingerprint density at radius 3 is 2.59 bits per heavy atom. The average Bonchev–Trinajstić information content (AvgIpc) is 2.66. The Hall–Kier alpha value is -3.07. The van der Waals surface area contributed by atoms with Gasteiger partial charge in [-0.25, -0.2) is 4.98 Å². The predicted octanol–water partition coefficient (Wildman–Crippen LogP) is 2.92. The Balaban J connectivity index is 1.44. The molecule has 8 nitrogen and oxygen atoms in total. The second-order valence-corrected chi connectivity index (χ2v) is 6.64. The molecule has 0 saturated carbocycles. The van der Waals surface area contributed by atoms with E-state index in [1.165, 1.54) is 6.20 Å². The van der Waals surface area contributed by atoms with Crippen molar-refractivity contribution in [2.45, 2.75) is 6.92 Å². The lowest BCUT2D eigenvalue weighted by atomic mass is 10.3. The predicted molar refractivity (Wildman–Crippen MR) is 107 cm³/mol. The minimum Gasteiger partial charge on any atom is -0.367 e. The first-order chi connectivity index (χ1) is 13.1. The molecule has 0 atom stereocenters. The van der Waals surface area contributed by atoms with Gasteiger partial charge in [-0.15, -0.1) is 10.2 Å². The van der Waals surface area contributed by atoms with Gasteiger partial charge >= 0.3 is 0 Å². The molecule has 138 valence electrons. The summed E-state index contributed by atoms with van der Waals surface area (Å²) in [5.74, 6) is 1.77. The van der Waals surface area contributed by atoms with Crippen molar-refractivity contribution in [3.8, 4) is 0 Å². The molecule has 0 saturated heterocycles. The normalized spacial score (nSPS) is 10.3. The lowest BCUT2D eigenvalue weighted by Gasteiger charge is -2.08. The Morgan fingerprint density at radius 1 is 1.04 bits per heavy atom. The van der Waals surface area contributed by atoms with Crippen molar-refractivity contribution in [3.05, 3.63) is 64.5 Å². The standard InChI is InChI=1S/C18H18BrN7O/c1-12-4-5-21-17(8-12)24-16-3-2-15(25-26-16)22-6-7-23-18(27)13-9-14(19)11-20-10-13/h2-5,8-11H,6-7H2,1H3,(H,22,25)(H,23,27)(H,21,24,26). The van der Waals surface area contributed by atoms with Crippen LogP contribution in [0.2, 0.25) is 0 Å². The number of aromatic nitrogens is 4. The van der Waals surface area contributed by atoms with Crippen LogP contribution < -0.4 is 16.0 Å². The van der Waals surface area contributed by atoms with E-state index < -0.39 is 0 Å². The maximum atomic E-state index is 12.0. The van der Waals surface area contributed by atoms with Crippen molar-refractivity contribution in [1.82, 2.24) is 25.5 Å². The van der Waals surface area contributed by atoms with E-state index in [0.717, 1.165) is 15.9 Å². The lowest BCUT2D eigenvalue weighted by molar-refractivity contribution is 0.0954.